The van der Waals surface area contributed by atoms with Gasteiger partial charge in [-0.05, 0) is 37.5 Å². The van der Waals surface area contributed by atoms with E-state index in [2.05, 4.69) is 15.4 Å². The number of rotatable bonds is 12. The maximum atomic E-state index is 12.5. The Labute approximate surface area is 233 Å². The van der Waals surface area contributed by atoms with Crippen molar-refractivity contribution < 1.29 is 33.7 Å². The van der Waals surface area contributed by atoms with Crippen LogP contribution in [0.15, 0.2) is 21.9 Å². The third kappa shape index (κ3) is 7.91. The molecule has 3 N–H and O–H groups in total. The Hall–Kier alpha value is -3.25. The first-order valence-electron chi connectivity index (χ1n) is 14.5. The molecule has 1 saturated heterocycles. The number of aliphatic hydroxyl groups is 1. The Kier molecular flexibility index (Phi) is 9.82. The first kappa shape index (κ1) is 28.3. The zero-order valence-corrected chi connectivity index (χ0v) is 22.8. The first-order chi connectivity index (χ1) is 19.8. The maximum Gasteiger partial charge on any atom is 0.407 e. The molecule has 2 saturated carbocycles. The second-order valence-electron chi connectivity index (χ2n) is 10.9. The van der Waals surface area contributed by atoms with E-state index in [0.29, 0.717) is 24.4 Å². The molecular formula is C28H39N3O9. The minimum atomic E-state index is -0.898. The zero-order valence-electron chi connectivity index (χ0n) is 23.8. The van der Waals surface area contributed by atoms with Gasteiger partial charge in [0.2, 0.25) is 1.43 Å². The highest BCUT2D eigenvalue weighted by molar-refractivity contribution is 5.81. The number of hydrogen-bond donors (Lipinski definition) is 3. The standard InChI is InChI=1S/C28H39N3O9/c1-17(33)10-11-25(34)40-22-13-24(39-23(22)15-32)31-14-18(26(35)30-27(31)36)7-6-12-29-28(37)38-16-21-19-8-4-2-3-5-9-20(19)21/h6-7,14,19-24,32H,2-5,8-13,15-16H2,1H3,(H,29,37)(H,30,35,36)/b7-6+/t19-,20+,21+,22?,23-,24-/m1/s1/i32D. The van der Waals surface area contributed by atoms with Crippen LogP contribution in [-0.4, -0.2) is 65.9 Å². The molecule has 0 aromatic carbocycles. The van der Waals surface area contributed by atoms with E-state index in [-0.39, 0.29) is 43.8 Å². The lowest BCUT2D eigenvalue weighted by molar-refractivity contribution is -0.153. The molecule has 1 aliphatic heterocycles. The summed E-state index contributed by atoms with van der Waals surface area (Å²) in [6, 6.07) is 0. The van der Waals surface area contributed by atoms with E-state index < -0.39 is 41.7 Å². The number of ether oxygens (including phenoxy) is 3. The molecular weight excluding hydrogens is 522 g/mol. The fourth-order valence-electron chi connectivity index (χ4n) is 5.78. The monoisotopic (exact) mass is 562 g/mol. The Morgan fingerprint density at radius 1 is 1.20 bits per heavy atom. The normalized spacial score (nSPS) is 28.2. The van der Waals surface area contributed by atoms with Crippen LogP contribution in [-0.2, 0) is 23.8 Å². The van der Waals surface area contributed by atoms with Gasteiger partial charge in [0, 0.05) is 25.6 Å². The van der Waals surface area contributed by atoms with Crippen molar-refractivity contribution in [1.29, 1.82) is 1.43 Å². The van der Waals surface area contributed by atoms with E-state index in [0.717, 1.165) is 0 Å². The van der Waals surface area contributed by atoms with Crippen LogP contribution in [0.25, 0.3) is 6.08 Å². The van der Waals surface area contributed by atoms with Crippen molar-refractivity contribution in [2.75, 3.05) is 19.8 Å². The SMILES string of the molecule is [2H]OC[C@H]1O[C@@H](n2cc(/C=C/CNC(=O)OC[C@H]3[C@@H]4CCCCCC[C@@H]43)c(=O)[nH]c2=O)CC1OC(=O)CCC(C)=O. The van der Waals surface area contributed by atoms with Crippen molar-refractivity contribution in [3.63, 3.8) is 0 Å². The number of H-pyrrole nitrogens is 1. The lowest BCUT2D eigenvalue weighted by Crippen LogP contribution is -2.33. The molecule has 6 atom stereocenters. The number of nitrogens with zero attached hydrogens (tertiary/aromatic N) is 1. The molecule has 1 amide bonds. The molecule has 3 fully saturated rings. The van der Waals surface area contributed by atoms with E-state index in [9.17, 15) is 24.0 Å². The molecule has 0 bridgehead atoms. The third-order valence-electron chi connectivity index (χ3n) is 8.02. The van der Waals surface area contributed by atoms with Crippen molar-refractivity contribution >= 4 is 23.9 Å². The number of hydrogen-bond acceptors (Lipinski definition) is 9. The van der Waals surface area contributed by atoms with E-state index >= 15 is 0 Å². The summed E-state index contributed by atoms with van der Waals surface area (Å²) >= 11 is 0. The number of aromatic nitrogens is 2. The highest BCUT2D eigenvalue weighted by Gasteiger charge is 2.49. The van der Waals surface area contributed by atoms with Gasteiger partial charge in [0.05, 0.1) is 25.2 Å². The van der Waals surface area contributed by atoms with Gasteiger partial charge in [0.15, 0.2) is 0 Å². The van der Waals surface area contributed by atoms with Crippen LogP contribution in [0.3, 0.4) is 0 Å². The molecule has 4 rings (SSSR count). The van der Waals surface area contributed by atoms with E-state index in [1.54, 1.807) is 6.08 Å². The van der Waals surface area contributed by atoms with Gasteiger partial charge in [-0.1, -0.05) is 37.8 Å². The highest BCUT2D eigenvalue weighted by Crippen LogP contribution is 2.53. The topological polar surface area (TPSA) is 166 Å². The second-order valence-corrected chi connectivity index (χ2v) is 10.9. The molecule has 3 aliphatic rings. The summed E-state index contributed by atoms with van der Waals surface area (Å²) in [4.78, 5) is 62.6. The van der Waals surface area contributed by atoms with Gasteiger partial charge in [-0.2, -0.15) is 0 Å². The lowest BCUT2D eigenvalue weighted by atomic mass is 10.0. The Morgan fingerprint density at radius 3 is 2.65 bits per heavy atom. The average Bonchev–Trinajstić information content (AvgIpc) is 3.40. The fraction of sp³-hybridized carbons (Fsp3) is 0.679. The first-order valence-corrected chi connectivity index (χ1v) is 14.1. The third-order valence-corrected chi connectivity index (χ3v) is 8.02. The van der Waals surface area contributed by atoms with Crippen molar-refractivity contribution in [2.24, 2.45) is 17.8 Å². The summed E-state index contributed by atoms with van der Waals surface area (Å²) in [7, 11) is 0. The number of alkyl carbamates (subject to hydrolysis) is 1. The van der Waals surface area contributed by atoms with Crippen LogP contribution in [0.5, 0.6) is 0 Å². The molecule has 12 nitrogen and oxygen atoms in total. The van der Waals surface area contributed by atoms with Crippen LogP contribution in [0.4, 0.5) is 4.79 Å². The number of carbonyl (C=O) groups excluding carboxylic acids is 3. The molecule has 40 heavy (non-hydrogen) atoms. The Balaban J connectivity index is 1.29. The summed E-state index contributed by atoms with van der Waals surface area (Å²) in [6.45, 7) is 1.71. The van der Waals surface area contributed by atoms with Crippen LogP contribution in [0.2, 0.25) is 0 Å². The smallest absolute Gasteiger partial charge is 0.407 e. The number of fused-ring (bicyclic) bond motifs is 1. The summed E-state index contributed by atoms with van der Waals surface area (Å²) in [5, 5.41) is 7.07. The predicted octanol–water partition coefficient (Wildman–Crippen LogP) is 2.05. The minimum absolute atomic E-state index is 0.0402. The minimum Gasteiger partial charge on any atom is -0.459 e. The Morgan fingerprint density at radius 2 is 1.95 bits per heavy atom. The van der Waals surface area contributed by atoms with Gasteiger partial charge >= 0.3 is 17.8 Å². The van der Waals surface area contributed by atoms with Crippen LogP contribution in [0.1, 0.15) is 76.5 Å². The predicted molar refractivity (Wildman–Crippen MR) is 143 cm³/mol. The van der Waals surface area contributed by atoms with Crippen molar-refractivity contribution in [1.82, 2.24) is 14.9 Å². The second kappa shape index (κ2) is 13.9. The van der Waals surface area contributed by atoms with Gasteiger partial charge < -0.3 is 29.4 Å². The number of carbonyl (C=O) groups is 3. The van der Waals surface area contributed by atoms with Crippen molar-refractivity contribution in [2.45, 2.75) is 83.1 Å². The maximum absolute atomic E-state index is 12.5. The van der Waals surface area contributed by atoms with E-state index in [4.69, 9.17) is 15.6 Å². The number of aromatic amines is 1. The van der Waals surface area contributed by atoms with Crippen LogP contribution >= 0.6 is 0 Å². The molecule has 2 heterocycles. The van der Waals surface area contributed by atoms with Gasteiger partial charge in [-0.15, -0.1) is 0 Å². The van der Waals surface area contributed by atoms with Crippen molar-refractivity contribution in [3.05, 3.63) is 38.7 Å². The quantitative estimate of drug-likeness (QED) is 0.323. The van der Waals surface area contributed by atoms with Gasteiger partial charge in [-0.3, -0.25) is 19.1 Å². The summed E-state index contributed by atoms with van der Waals surface area (Å²) in [6.07, 6.45) is 8.86. The molecule has 1 aromatic heterocycles. The largest absolute Gasteiger partial charge is 0.459 e. The molecule has 0 radical (unpaired) electrons. The number of esters is 1. The number of ketones is 1. The van der Waals surface area contributed by atoms with E-state index in [1.165, 1.54) is 62.3 Å². The molecule has 2 aliphatic carbocycles. The molecule has 220 valence electrons. The molecule has 1 aromatic rings. The molecule has 1 unspecified atom stereocenters. The number of nitrogens with one attached hydrogen (secondary N) is 2. The summed E-state index contributed by atoms with van der Waals surface area (Å²) in [5.74, 6) is 1.07. The average molecular weight is 563 g/mol. The highest BCUT2D eigenvalue weighted by atomic mass is 16.6. The van der Waals surface area contributed by atoms with Gasteiger partial charge in [0.1, 0.15) is 24.2 Å². The Bertz CT molecular complexity index is 1210. The lowest BCUT2D eigenvalue weighted by Gasteiger charge is -2.16. The fourth-order valence-corrected chi connectivity index (χ4v) is 5.78. The van der Waals surface area contributed by atoms with Crippen LogP contribution in [0, 0.1) is 17.8 Å². The van der Waals surface area contributed by atoms with Crippen LogP contribution < -0.4 is 16.6 Å². The summed E-state index contributed by atoms with van der Waals surface area (Å²) in [5.41, 5.74) is -1.20. The number of Topliss-reactive ketones (excluding diaryl/α,β-unsaturated/α-hetero) is 1. The number of aliphatic hydroxyl groups excluding tert-OH is 1. The molecule has 0 spiro atoms. The van der Waals surface area contributed by atoms with Gasteiger partial charge in [-0.25, -0.2) is 9.59 Å². The number of amides is 1. The zero-order chi connectivity index (χ0) is 29.4. The van der Waals surface area contributed by atoms with Crippen molar-refractivity contribution in [3.8, 4) is 0 Å². The molecule has 12 heteroatoms. The van der Waals surface area contributed by atoms with Gasteiger partial charge in [0.25, 0.3) is 5.56 Å². The summed E-state index contributed by atoms with van der Waals surface area (Å²) < 4.78 is 24.9. The van der Waals surface area contributed by atoms with E-state index in [1.807, 2.05) is 0 Å².